The lowest BCUT2D eigenvalue weighted by molar-refractivity contribution is 0.414. The van der Waals surface area contributed by atoms with Crippen molar-refractivity contribution in [3.8, 4) is 5.75 Å². The zero-order valence-electron chi connectivity index (χ0n) is 11.1. The number of nitrogens with two attached hydrogens (primary N) is 1. The van der Waals surface area contributed by atoms with Gasteiger partial charge in [-0.05, 0) is 24.6 Å². The predicted molar refractivity (Wildman–Crippen MR) is 77.8 cm³/mol. The maximum Gasteiger partial charge on any atom is 0.202 e. The molecule has 0 aliphatic carbocycles. The second-order valence-corrected chi connectivity index (χ2v) is 5.15. The summed E-state index contributed by atoms with van der Waals surface area (Å²) >= 11 is 1.36. The second kappa shape index (κ2) is 6.49. The maximum atomic E-state index is 5.68. The van der Waals surface area contributed by atoms with Gasteiger partial charge in [0.25, 0.3) is 0 Å². The topological polar surface area (TPSA) is 73.1 Å². The summed E-state index contributed by atoms with van der Waals surface area (Å²) in [6.07, 6.45) is 0.702. The van der Waals surface area contributed by atoms with Crippen LogP contribution in [0.1, 0.15) is 18.3 Å². The summed E-state index contributed by atoms with van der Waals surface area (Å²) in [6.45, 7) is 2.65. The number of benzene rings is 1. The van der Waals surface area contributed by atoms with Gasteiger partial charge < -0.3 is 15.8 Å². The molecule has 1 aromatic carbocycles. The molecule has 0 fully saturated rings. The van der Waals surface area contributed by atoms with E-state index < -0.39 is 0 Å². The van der Waals surface area contributed by atoms with Gasteiger partial charge >= 0.3 is 0 Å². The molecule has 1 atom stereocenters. The third kappa shape index (κ3) is 4.18. The average Bonchev–Trinajstić information content (AvgIpc) is 2.84. The monoisotopic (exact) mass is 278 g/mol. The van der Waals surface area contributed by atoms with Crippen LogP contribution in [0.5, 0.6) is 5.75 Å². The average molecular weight is 278 g/mol. The number of rotatable bonds is 6. The van der Waals surface area contributed by atoms with E-state index in [-0.39, 0.29) is 6.04 Å². The standard InChI is InChI=1S/C13H18N4OS/c1-9(14)8-15-13-16-12(17-19-13)7-10-4-3-5-11(6-10)18-2/h3-6,9H,7-8,14H2,1-2H3,(H,15,16,17). The fraction of sp³-hybridized carbons (Fsp3) is 0.385. The summed E-state index contributed by atoms with van der Waals surface area (Å²) in [4.78, 5) is 4.43. The van der Waals surface area contributed by atoms with Crippen LogP contribution in [-0.2, 0) is 6.42 Å². The Hall–Kier alpha value is -1.66. The lowest BCUT2D eigenvalue weighted by Gasteiger charge is -2.04. The minimum absolute atomic E-state index is 0.103. The number of nitrogens with one attached hydrogen (secondary N) is 1. The number of methoxy groups -OCH3 is 1. The summed E-state index contributed by atoms with van der Waals surface area (Å²) in [5, 5.41) is 3.98. The summed E-state index contributed by atoms with van der Waals surface area (Å²) in [5.41, 5.74) is 6.82. The van der Waals surface area contributed by atoms with E-state index in [0.29, 0.717) is 13.0 Å². The second-order valence-electron chi connectivity index (χ2n) is 4.40. The van der Waals surface area contributed by atoms with Crippen molar-refractivity contribution in [2.24, 2.45) is 5.73 Å². The van der Waals surface area contributed by atoms with E-state index in [0.717, 1.165) is 22.3 Å². The first-order chi connectivity index (χ1) is 9.17. The Morgan fingerprint density at radius 1 is 1.47 bits per heavy atom. The van der Waals surface area contributed by atoms with Crippen molar-refractivity contribution in [1.82, 2.24) is 9.36 Å². The van der Waals surface area contributed by atoms with Crippen molar-refractivity contribution in [3.05, 3.63) is 35.7 Å². The molecule has 0 saturated heterocycles. The summed E-state index contributed by atoms with van der Waals surface area (Å²) in [5.74, 6) is 1.66. The highest BCUT2D eigenvalue weighted by Gasteiger charge is 2.06. The van der Waals surface area contributed by atoms with Crippen LogP contribution in [0, 0.1) is 0 Å². The highest BCUT2D eigenvalue weighted by atomic mass is 32.1. The first kappa shape index (κ1) is 13.8. The van der Waals surface area contributed by atoms with E-state index in [1.54, 1.807) is 7.11 Å². The third-order valence-electron chi connectivity index (χ3n) is 2.54. The van der Waals surface area contributed by atoms with Gasteiger partial charge in [-0.2, -0.15) is 4.37 Å². The van der Waals surface area contributed by atoms with E-state index in [2.05, 4.69) is 14.7 Å². The van der Waals surface area contributed by atoms with Crippen LogP contribution in [0.15, 0.2) is 24.3 Å². The molecule has 1 unspecified atom stereocenters. The molecule has 3 N–H and O–H groups in total. The minimum atomic E-state index is 0.103. The number of anilines is 1. The number of hydrogen-bond donors (Lipinski definition) is 2. The van der Waals surface area contributed by atoms with Crippen LogP contribution < -0.4 is 15.8 Å². The van der Waals surface area contributed by atoms with Gasteiger partial charge in [0.05, 0.1) is 7.11 Å². The molecule has 0 saturated carbocycles. The SMILES string of the molecule is COc1cccc(Cc2nsc(NCC(C)N)n2)c1. The fourth-order valence-corrected chi connectivity index (χ4v) is 2.20. The highest BCUT2D eigenvalue weighted by molar-refractivity contribution is 7.09. The first-order valence-corrected chi connectivity index (χ1v) is 6.89. The molecule has 1 aromatic heterocycles. The van der Waals surface area contributed by atoms with Crippen molar-refractivity contribution in [2.45, 2.75) is 19.4 Å². The van der Waals surface area contributed by atoms with E-state index in [1.807, 2.05) is 31.2 Å². The molecule has 0 radical (unpaired) electrons. The molecule has 2 aromatic rings. The van der Waals surface area contributed by atoms with E-state index in [4.69, 9.17) is 10.5 Å². The van der Waals surface area contributed by atoms with Crippen molar-refractivity contribution >= 4 is 16.7 Å². The van der Waals surface area contributed by atoms with Crippen molar-refractivity contribution in [2.75, 3.05) is 19.0 Å². The van der Waals surface area contributed by atoms with E-state index in [1.165, 1.54) is 11.5 Å². The third-order valence-corrected chi connectivity index (χ3v) is 3.25. The van der Waals surface area contributed by atoms with Crippen LogP contribution in [-0.4, -0.2) is 29.1 Å². The van der Waals surface area contributed by atoms with Crippen LogP contribution in [0.2, 0.25) is 0 Å². The molecule has 0 spiro atoms. The van der Waals surface area contributed by atoms with Gasteiger partial charge in [-0.15, -0.1) is 0 Å². The molecule has 0 amide bonds. The Morgan fingerprint density at radius 2 is 2.32 bits per heavy atom. The van der Waals surface area contributed by atoms with Crippen molar-refractivity contribution in [1.29, 1.82) is 0 Å². The Bertz CT molecular complexity index is 527. The van der Waals surface area contributed by atoms with Gasteiger partial charge in [-0.3, -0.25) is 0 Å². The number of hydrogen-bond acceptors (Lipinski definition) is 6. The maximum absolute atomic E-state index is 5.68. The summed E-state index contributed by atoms with van der Waals surface area (Å²) in [6, 6.07) is 8.03. The van der Waals surface area contributed by atoms with Gasteiger partial charge in [0.1, 0.15) is 11.6 Å². The van der Waals surface area contributed by atoms with Gasteiger partial charge in [0.2, 0.25) is 5.13 Å². The highest BCUT2D eigenvalue weighted by Crippen LogP contribution is 2.17. The molecule has 1 heterocycles. The largest absolute Gasteiger partial charge is 0.497 e. The van der Waals surface area contributed by atoms with Crippen LogP contribution in [0.3, 0.4) is 0 Å². The van der Waals surface area contributed by atoms with Crippen LogP contribution >= 0.6 is 11.5 Å². The zero-order valence-corrected chi connectivity index (χ0v) is 11.9. The number of aromatic nitrogens is 2. The molecule has 6 heteroatoms. The Balaban J connectivity index is 1.99. The molecule has 5 nitrogen and oxygen atoms in total. The quantitative estimate of drug-likeness (QED) is 0.844. The molecular weight excluding hydrogens is 260 g/mol. The van der Waals surface area contributed by atoms with Gasteiger partial charge in [0, 0.05) is 30.5 Å². The first-order valence-electron chi connectivity index (χ1n) is 6.12. The fourth-order valence-electron chi connectivity index (χ4n) is 1.61. The Labute approximate surface area is 117 Å². The van der Waals surface area contributed by atoms with Gasteiger partial charge in [-0.25, -0.2) is 4.98 Å². The van der Waals surface area contributed by atoms with E-state index >= 15 is 0 Å². The molecule has 0 aliphatic rings. The Kier molecular flexibility index (Phi) is 4.70. The minimum Gasteiger partial charge on any atom is -0.497 e. The van der Waals surface area contributed by atoms with Crippen molar-refractivity contribution in [3.63, 3.8) is 0 Å². The van der Waals surface area contributed by atoms with Gasteiger partial charge in [0.15, 0.2) is 0 Å². The molecular formula is C13H18N4OS. The smallest absolute Gasteiger partial charge is 0.202 e. The lowest BCUT2D eigenvalue weighted by Crippen LogP contribution is -2.25. The van der Waals surface area contributed by atoms with Gasteiger partial charge in [-0.1, -0.05) is 12.1 Å². The zero-order chi connectivity index (χ0) is 13.7. The molecule has 0 bridgehead atoms. The predicted octanol–water partition coefficient (Wildman–Crippen LogP) is 1.90. The van der Waals surface area contributed by atoms with E-state index in [9.17, 15) is 0 Å². The Morgan fingerprint density at radius 3 is 3.05 bits per heavy atom. The summed E-state index contributed by atoms with van der Waals surface area (Å²) < 4.78 is 9.53. The normalized spacial score (nSPS) is 12.2. The van der Waals surface area contributed by atoms with Crippen molar-refractivity contribution < 1.29 is 4.74 Å². The molecule has 102 valence electrons. The molecule has 2 rings (SSSR count). The number of ether oxygens (including phenoxy) is 1. The summed E-state index contributed by atoms with van der Waals surface area (Å²) in [7, 11) is 1.66. The number of nitrogens with zero attached hydrogens (tertiary/aromatic N) is 2. The molecule has 0 aliphatic heterocycles. The lowest BCUT2D eigenvalue weighted by atomic mass is 10.1. The molecule has 19 heavy (non-hydrogen) atoms. The van der Waals surface area contributed by atoms with Crippen LogP contribution in [0.4, 0.5) is 5.13 Å². The van der Waals surface area contributed by atoms with Crippen LogP contribution in [0.25, 0.3) is 0 Å².